The SMILES string of the molecule is CCC(O)CN=C(N)NN. The van der Waals surface area contributed by atoms with E-state index in [4.69, 9.17) is 16.7 Å². The normalized spacial score (nSPS) is 14.9. The van der Waals surface area contributed by atoms with Crippen LogP contribution in [0, 0.1) is 0 Å². The van der Waals surface area contributed by atoms with Crippen LogP contribution >= 0.6 is 0 Å². The van der Waals surface area contributed by atoms with Crippen molar-refractivity contribution in [1.82, 2.24) is 5.43 Å². The highest BCUT2D eigenvalue weighted by Crippen LogP contribution is 1.88. The number of nitrogens with two attached hydrogens (primary N) is 2. The van der Waals surface area contributed by atoms with Crippen molar-refractivity contribution in [2.45, 2.75) is 19.4 Å². The molecule has 0 saturated heterocycles. The molecule has 0 aromatic carbocycles. The van der Waals surface area contributed by atoms with Gasteiger partial charge in [-0.1, -0.05) is 6.92 Å². The van der Waals surface area contributed by atoms with Crippen LogP contribution in [0.3, 0.4) is 0 Å². The van der Waals surface area contributed by atoms with Gasteiger partial charge in [0, 0.05) is 0 Å². The van der Waals surface area contributed by atoms with Crippen LogP contribution in [0.1, 0.15) is 13.3 Å². The molecule has 60 valence electrons. The van der Waals surface area contributed by atoms with Crippen molar-refractivity contribution in [2.24, 2.45) is 16.6 Å². The number of hydrogen-bond donors (Lipinski definition) is 4. The van der Waals surface area contributed by atoms with Crippen LogP contribution in [0.15, 0.2) is 4.99 Å². The summed E-state index contributed by atoms with van der Waals surface area (Å²) in [7, 11) is 0. The van der Waals surface area contributed by atoms with Crippen LogP contribution in [0.5, 0.6) is 0 Å². The van der Waals surface area contributed by atoms with Crippen molar-refractivity contribution < 1.29 is 5.11 Å². The molecule has 6 N–H and O–H groups in total. The molecule has 10 heavy (non-hydrogen) atoms. The zero-order chi connectivity index (χ0) is 7.98. The Balaban J connectivity index is 3.50. The van der Waals surface area contributed by atoms with E-state index in [1.807, 2.05) is 6.92 Å². The molecule has 0 aliphatic carbocycles. The smallest absolute Gasteiger partial charge is 0.203 e. The molecule has 0 rings (SSSR count). The van der Waals surface area contributed by atoms with Crippen LogP contribution < -0.4 is 17.0 Å². The summed E-state index contributed by atoms with van der Waals surface area (Å²) in [5, 5.41) is 8.97. The Bertz CT molecular complexity index is 114. The zero-order valence-corrected chi connectivity index (χ0v) is 6.04. The number of hydrogen-bond acceptors (Lipinski definition) is 3. The molecular formula is C5H14N4O. The second-order valence-corrected chi connectivity index (χ2v) is 1.93. The molecule has 0 fully saturated rings. The fourth-order valence-corrected chi connectivity index (χ4v) is 0.378. The Morgan fingerprint density at radius 3 is 2.80 bits per heavy atom. The quantitative estimate of drug-likeness (QED) is 0.169. The van der Waals surface area contributed by atoms with Crippen molar-refractivity contribution in [3.05, 3.63) is 0 Å². The van der Waals surface area contributed by atoms with E-state index in [-0.39, 0.29) is 5.96 Å². The largest absolute Gasteiger partial charge is 0.391 e. The molecule has 1 unspecified atom stereocenters. The first-order chi connectivity index (χ1) is 4.70. The maximum atomic E-state index is 8.97. The van der Waals surface area contributed by atoms with Gasteiger partial charge in [-0.2, -0.15) is 0 Å². The van der Waals surface area contributed by atoms with Crippen molar-refractivity contribution >= 4 is 5.96 Å². The Labute approximate surface area is 60.1 Å². The highest BCUT2D eigenvalue weighted by Gasteiger charge is 1.97. The van der Waals surface area contributed by atoms with E-state index >= 15 is 0 Å². The molecule has 0 aliphatic rings. The molecule has 0 bridgehead atoms. The highest BCUT2D eigenvalue weighted by atomic mass is 16.3. The Morgan fingerprint density at radius 1 is 1.80 bits per heavy atom. The first-order valence-corrected chi connectivity index (χ1v) is 3.15. The number of nitrogens with one attached hydrogen (secondary N) is 1. The van der Waals surface area contributed by atoms with Gasteiger partial charge in [-0.05, 0) is 6.42 Å². The van der Waals surface area contributed by atoms with Crippen molar-refractivity contribution in [2.75, 3.05) is 6.54 Å². The molecule has 5 nitrogen and oxygen atoms in total. The van der Waals surface area contributed by atoms with Crippen LogP contribution in [0.25, 0.3) is 0 Å². The summed E-state index contributed by atoms with van der Waals surface area (Å²) >= 11 is 0. The third-order valence-corrected chi connectivity index (χ3v) is 1.09. The maximum Gasteiger partial charge on any atom is 0.203 e. The average Bonchev–Trinajstić information content (AvgIpc) is 1.99. The number of aliphatic hydroxyl groups is 1. The molecule has 5 heteroatoms. The molecule has 1 atom stereocenters. The zero-order valence-electron chi connectivity index (χ0n) is 6.04. The number of aliphatic imine (C=N–C) groups is 1. The van der Waals surface area contributed by atoms with E-state index in [1.54, 1.807) is 0 Å². The minimum Gasteiger partial charge on any atom is -0.391 e. The maximum absolute atomic E-state index is 8.97. The fraction of sp³-hybridized carbons (Fsp3) is 0.800. The van der Waals surface area contributed by atoms with E-state index in [0.29, 0.717) is 13.0 Å². The highest BCUT2D eigenvalue weighted by molar-refractivity contribution is 5.77. The second-order valence-electron chi connectivity index (χ2n) is 1.93. The lowest BCUT2D eigenvalue weighted by Gasteiger charge is -2.03. The minimum absolute atomic E-state index is 0.146. The van der Waals surface area contributed by atoms with Gasteiger partial charge in [0.1, 0.15) is 0 Å². The number of hydrazine groups is 1. The summed E-state index contributed by atoms with van der Waals surface area (Å²) in [6.07, 6.45) is 0.244. The molecule has 0 amide bonds. The van der Waals surface area contributed by atoms with E-state index < -0.39 is 6.10 Å². The Kier molecular flexibility index (Phi) is 4.61. The first kappa shape index (κ1) is 9.19. The number of nitrogens with zero attached hydrogens (tertiary/aromatic N) is 1. The van der Waals surface area contributed by atoms with Crippen molar-refractivity contribution in [1.29, 1.82) is 0 Å². The van der Waals surface area contributed by atoms with Gasteiger partial charge >= 0.3 is 0 Å². The topological polar surface area (TPSA) is 96.7 Å². The predicted octanol–water partition coefficient (Wildman–Crippen LogP) is -1.46. The summed E-state index contributed by atoms with van der Waals surface area (Å²) in [6.45, 7) is 2.17. The van der Waals surface area contributed by atoms with Crippen LogP contribution in [0.2, 0.25) is 0 Å². The van der Waals surface area contributed by atoms with Crippen LogP contribution in [0.4, 0.5) is 0 Å². The Morgan fingerprint density at radius 2 is 2.40 bits per heavy atom. The van der Waals surface area contributed by atoms with Gasteiger partial charge < -0.3 is 10.8 Å². The van der Waals surface area contributed by atoms with Gasteiger partial charge in [-0.15, -0.1) is 0 Å². The third-order valence-electron chi connectivity index (χ3n) is 1.09. The summed E-state index contributed by atoms with van der Waals surface area (Å²) in [5.41, 5.74) is 7.34. The number of rotatable bonds is 3. The summed E-state index contributed by atoms with van der Waals surface area (Å²) in [5.74, 6) is 5.06. The molecule has 0 aromatic rings. The summed E-state index contributed by atoms with van der Waals surface area (Å²) < 4.78 is 0. The van der Waals surface area contributed by atoms with Crippen LogP contribution in [-0.2, 0) is 0 Å². The Hall–Kier alpha value is -0.810. The number of aliphatic hydroxyl groups excluding tert-OH is 1. The number of guanidine groups is 1. The lowest BCUT2D eigenvalue weighted by molar-refractivity contribution is 0.179. The summed E-state index contributed by atoms with van der Waals surface area (Å²) in [6, 6.07) is 0. The fourth-order valence-electron chi connectivity index (χ4n) is 0.378. The third kappa shape index (κ3) is 4.11. The minimum atomic E-state index is -0.424. The van der Waals surface area contributed by atoms with E-state index in [9.17, 15) is 0 Å². The van der Waals surface area contributed by atoms with E-state index in [0.717, 1.165) is 0 Å². The van der Waals surface area contributed by atoms with Crippen LogP contribution in [-0.4, -0.2) is 23.7 Å². The van der Waals surface area contributed by atoms with Gasteiger partial charge in [0.2, 0.25) is 5.96 Å². The van der Waals surface area contributed by atoms with Gasteiger partial charge in [0.15, 0.2) is 0 Å². The lowest BCUT2D eigenvalue weighted by Crippen LogP contribution is -2.37. The average molecular weight is 146 g/mol. The first-order valence-electron chi connectivity index (χ1n) is 3.15. The molecule has 0 radical (unpaired) electrons. The molecule has 0 saturated carbocycles. The molecule has 0 aromatic heterocycles. The molecule has 0 aliphatic heterocycles. The van der Waals surface area contributed by atoms with E-state index in [1.165, 1.54) is 0 Å². The molecular weight excluding hydrogens is 132 g/mol. The molecule has 0 spiro atoms. The standard InChI is InChI=1S/C5H14N4O/c1-2-4(10)3-8-5(6)9-7/h4,10H,2-3,7H2,1H3,(H3,6,8,9). The second kappa shape index (κ2) is 5.01. The predicted molar refractivity (Wildman–Crippen MR) is 40.1 cm³/mol. The van der Waals surface area contributed by atoms with Gasteiger partial charge in [0.05, 0.1) is 12.6 Å². The van der Waals surface area contributed by atoms with E-state index in [2.05, 4.69) is 10.4 Å². The van der Waals surface area contributed by atoms with Gasteiger partial charge in [-0.25, -0.2) is 10.8 Å². The molecule has 0 heterocycles. The summed E-state index contributed by atoms with van der Waals surface area (Å²) in [4.78, 5) is 3.72. The van der Waals surface area contributed by atoms with Crippen molar-refractivity contribution in [3.8, 4) is 0 Å². The van der Waals surface area contributed by atoms with Gasteiger partial charge in [0.25, 0.3) is 0 Å². The van der Waals surface area contributed by atoms with Gasteiger partial charge in [-0.3, -0.25) is 5.43 Å². The lowest BCUT2D eigenvalue weighted by atomic mass is 10.3. The monoisotopic (exact) mass is 146 g/mol. The van der Waals surface area contributed by atoms with Crippen molar-refractivity contribution in [3.63, 3.8) is 0 Å².